The summed E-state index contributed by atoms with van der Waals surface area (Å²) in [5.41, 5.74) is 9.53. The van der Waals surface area contributed by atoms with Crippen LogP contribution in [-0.2, 0) is 12.0 Å². The van der Waals surface area contributed by atoms with E-state index in [1.807, 2.05) is 12.3 Å². The van der Waals surface area contributed by atoms with Gasteiger partial charge in [0.1, 0.15) is 0 Å². The molecule has 3 aromatic rings. The van der Waals surface area contributed by atoms with Crippen molar-refractivity contribution in [3.8, 4) is 0 Å². The Balaban J connectivity index is 1.59. The topological polar surface area (TPSA) is 70.8 Å². The third-order valence-corrected chi connectivity index (χ3v) is 5.67. The van der Waals surface area contributed by atoms with Gasteiger partial charge in [-0.25, -0.2) is 4.98 Å². The fourth-order valence-electron chi connectivity index (χ4n) is 3.66. The maximum atomic E-state index is 5.93. The van der Waals surface area contributed by atoms with Gasteiger partial charge in [0.05, 0.1) is 5.69 Å². The van der Waals surface area contributed by atoms with Crippen molar-refractivity contribution in [2.75, 3.05) is 18.8 Å². The lowest BCUT2D eigenvalue weighted by Gasteiger charge is -2.41. The molecule has 0 spiro atoms. The standard InChI is InChI=1S/C18H21N5S/c19-17-21-16(13-24-17)18(14-4-2-1-3-5-14)7-10-23(11-8-18)12-15-6-9-20-22-15/h1-6,9,13H,7-8,10-12H2,(H2,19,21)(H,20,22). The van der Waals surface area contributed by atoms with Gasteiger partial charge in [-0.3, -0.25) is 10.00 Å². The Labute approximate surface area is 145 Å². The fourth-order valence-corrected chi connectivity index (χ4v) is 4.33. The summed E-state index contributed by atoms with van der Waals surface area (Å²) in [6.45, 7) is 2.99. The van der Waals surface area contributed by atoms with E-state index in [0.29, 0.717) is 5.13 Å². The minimum absolute atomic E-state index is 0.0279. The number of H-pyrrole nitrogens is 1. The van der Waals surface area contributed by atoms with E-state index in [9.17, 15) is 0 Å². The van der Waals surface area contributed by atoms with Crippen LogP contribution in [0.15, 0.2) is 48.0 Å². The van der Waals surface area contributed by atoms with Crippen LogP contribution in [0.5, 0.6) is 0 Å². The molecule has 0 unspecified atom stereocenters. The molecule has 24 heavy (non-hydrogen) atoms. The van der Waals surface area contributed by atoms with E-state index in [1.54, 1.807) is 0 Å². The molecule has 2 aromatic heterocycles. The van der Waals surface area contributed by atoms with Crippen molar-refractivity contribution in [1.29, 1.82) is 0 Å². The molecule has 4 rings (SSSR count). The number of thiazole rings is 1. The van der Waals surface area contributed by atoms with Gasteiger partial charge >= 0.3 is 0 Å². The summed E-state index contributed by atoms with van der Waals surface area (Å²) >= 11 is 1.54. The molecule has 6 heteroatoms. The summed E-state index contributed by atoms with van der Waals surface area (Å²) in [6, 6.07) is 12.8. The SMILES string of the molecule is Nc1nc(C2(c3ccccc3)CCN(Cc3ccn[nH]3)CC2)cs1. The number of nitrogens with one attached hydrogen (secondary N) is 1. The molecule has 124 valence electrons. The lowest BCUT2D eigenvalue weighted by molar-refractivity contribution is 0.169. The number of likely N-dealkylation sites (tertiary alicyclic amines) is 1. The number of nitrogen functional groups attached to an aromatic ring is 1. The number of hydrogen-bond donors (Lipinski definition) is 2. The Morgan fingerprint density at radius 3 is 2.58 bits per heavy atom. The minimum Gasteiger partial charge on any atom is -0.375 e. The first-order valence-electron chi connectivity index (χ1n) is 8.24. The summed E-state index contributed by atoms with van der Waals surface area (Å²) in [7, 11) is 0. The van der Waals surface area contributed by atoms with Crippen molar-refractivity contribution >= 4 is 16.5 Å². The largest absolute Gasteiger partial charge is 0.375 e. The van der Waals surface area contributed by atoms with Gasteiger partial charge in [-0.2, -0.15) is 5.10 Å². The van der Waals surface area contributed by atoms with Crippen LogP contribution in [0.4, 0.5) is 5.13 Å². The molecule has 0 atom stereocenters. The van der Waals surface area contributed by atoms with Crippen LogP contribution in [0.3, 0.4) is 0 Å². The number of benzene rings is 1. The van der Waals surface area contributed by atoms with Gasteiger partial charge in [0.2, 0.25) is 0 Å². The average molecular weight is 339 g/mol. The van der Waals surface area contributed by atoms with Gasteiger partial charge in [0.25, 0.3) is 0 Å². The summed E-state index contributed by atoms with van der Waals surface area (Å²) in [4.78, 5) is 7.12. The van der Waals surface area contributed by atoms with Crippen molar-refractivity contribution in [2.45, 2.75) is 24.8 Å². The van der Waals surface area contributed by atoms with Crippen molar-refractivity contribution < 1.29 is 0 Å². The second kappa shape index (κ2) is 6.37. The van der Waals surface area contributed by atoms with Crippen LogP contribution < -0.4 is 5.73 Å². The van der Waals surface area contributed by atoms with Gasteiger partial charge in [-0.15, -0.1) is 11.3 Å². The van der Waals surface area contributed by atoms with Crippen molar-refractivity contribution in [1.82, 2.24) is 20.1 Å². The predicted octanol–water partition coefficient (Wildman–Crippen LogP) is 3.03. The first-order valence-corrected chi connectivity index (χ1v) is 9.12. The molecule has 0 radical (unpaired) electrons. The molecule has 1 aliphatic heterocycles. The number of anilines is 1. The lowest BCUT2D eigenvalue weighted by atomic mass is 9.70. The van der Waals surface area contributed by atoms with Crippen LogP contribution >= 0.6 is 11.3 Å². The van der Waals surface area contributed by atoms with Crippen LogP contribution in [0.2, 0.25) is 0 Å². The Kier molecular flexibility index (Phi) is 4.08. The summed E-state index contributed by atoms with van der Waals surface area (Å²) in [5, 5.41) is 9.88. The van der Waals surface area contributed by atoms with Gasteiger partial charge in [0.15, 0.2) is 5.13 Å². The molecule has 0 aliphatic carbocycles. The minimum atomic E-state index is -0.0279. The first kappa shape index (κ1) is 15.4. The second-order valence-corrected chi connectivity index (χ2v) is 7.27. The quantitative estimate of drug-likeness (QED) is 0.766. The second-order valence-electron chi connectivity index (χ2n) is 6.38. The zero-order valence-corrected chi connectivity index (χ0v) is 14.3. The molecule has 5 nitrogen and oxygen atoms in total. The third kappa shape index (κ3) is 2.83. The highest BCUT2D eigenvalue weighted by Gasteiger charge is 2.39. The number of rotatable bonds is 4. The van der Waals surface area contributed by atoms with Gasteiger partial charge in [-0.1, -0.05) is 30.3 Å². The lowest BCUT2D eigenvalue weighted by Crippen LogP contribution is -2.43. The van der Waals surface area contributed by atoms with Gasteiger partial charge in [0, 0.05) is 29.2 Å². The molecular weight excluding hydrogens is 318 g/mol. The number of nitrogens with two attached hydrogens (primary N) is 1. The highest BCUT2D eigenvalue weighted by Crippen LogP contribution is 2.42. The van der Waals surface area contributed by atoms with E-state index >= 15 is 0 Å². The van der Waals surface area contributed by atoms with E-state index in [4.69, 9.17) is 5.73 Å². The van der Waals surface area contributed by atoms with Crippen LogP contribution in [0, 0.1) is 0 Å². The highest BCUT2D eigenvalue weighted by atomic mass is 32.1. The summed E-state index contributed by atoms with van der Waals surface area (Å²) < 4.78 is 0. The number of aromatic amines is 1. The first-order chi connectivity index (χ1) is 11.8. The molecule has 1 fully saturated rings. The van der Waals surface area contributed by atoms with Crippen molar-refractivity contribution in [3.05, 3.63) is 64.9 Å². The molecule has 1 aromatic carbocycles. The third-order valence-electron chi connectivity index (χ3n) is 5.00. The Hall–Kier alpha value is -2.18. The zero-order valence-electron chi connectivity index (χ0n) is 13.5. The van der Waals surface area contributed by atoms with E-state index < -0.39 is 0 Å². The van der Waals surface area contributed by atoms with E-state index in [-0.39, 0.29) is 5.41 Å². The molecule has 0 amide bonds. The molecule has 3 heterocycles. The van der Waals surface area contributed by atoms with Crippen LogP contribution in [0.25, 0.3) is 0 Å². The van der Waals surface area contributed by atoms with Crippen molar-refractivity contribution in [2.24, 2.45) is 0 Å². The fraction of sp³-hybridized carbons (Fsp3) is 0.333. The number of piperidine rings is 1. The van der Waals surface area contributed by atoms with E-state index in [2.05, 4.69) is 55.8 Å². The van der Waals surface area contributed by atoms with Gasteiger partial charge in [-0.05, 0) is 37.6 Å². The van der Waals surface area contributed by atoms with E-state index in [1.165, 1.54) is 22.6 Å². The predicted molar refractivity (Wildman–Crippen MR) is 96.8 cm³/mol. The number of nitrogens with zero attached hydrogens (tertiary/aromatic N) is 3. The van der Waals surface area contributed by atoms with Crippen molar-refractivity contribution in [3.63, 3.8) is 0 Å². The van der Waals surface area contributed by atoms with E-state index in [0.717, 1.165) is 38.2 Å². The molecule has 3 N–H and O–H groups in total. The van der Waals surface area contributed by atoms with Crippen LogP contribution in [0.1, 0.15) is 29.8 Å². The monoisotopic (exact) mass is 339 g/mol. The number of hydrogen-bond acceptors (Lipinski definition) is 5. The normalized spacial score (nSPS) is 17.8. The maximum absolute atomic E-state index is 5.93. The molecular formula is C18H21N5S. The Bertz CT molecular complexity index is 773. The molecule has 0 saturated carbocycles. The Morgan fingerprint density at radius 1 is 1.17 bits per heavy atom. The zero-order chi connectivity index (χ0) is 16.4. The highest BCUT2D eigenvalue weighted by molar-refractivity contribution is 7.13. The smallest absolute Gasteiger partial charge is 0.180 e. The molecule has 1 saturated heterocycles. The molecule has 0 bridgehead atoms. The average Bonchev–Trinajstić information content (AvgIpc) is 3.29. The summed E-state index contributed by atoms with van der Waals surface area (Å²) in [5.74, 6) is 0. The maximum Gasteiger partial charge on any atom is 0.180 e. The van der Waals surface area contributed by atoms with Crippen LogP contribution in [-0.4, -0.2) is 33.2 Å². The Morgan fingerprint density at radius 2 is 1.96 bits per heavy atom. The summed E-state index contributed by atoms with van der Waals surface area (Å²) in [6.07, 6.45) is 3.91. The number of aromatic nitrogens is 3. The molecule has 1 aliphatic rings. The van der Waals surface area contributed by atoms with Gasteiger partial charge < -0.3 is 5.73 Å².